The summed E-state index contributed by atoms with van der Waals surface area (Å²) in [5, 5.41) is 4.72. The molecule has 0 bridgehead atoms. The third-order valence-electron chi connectivity index (χ3n) is 2.21. The van der Waals surface area contributed by atoms with Gasteiger partial charge in [0.2, 0.25) is 0 Å². The van der Waals surface area contributed by atoms with E-state index >= 15 is 0 Å². The summed E-state index contributed by atoms with van der Waals surface area (Å²) in [5.74, 6) is 0. The fourth-order valence-electron chi connectivity index (χ4n) is 1.48. The lowest BCUT2D eigenvalue weighted by Gasteiger charge is -2.33. The number of ether oxygens (including phenoxy) is 2. The molecule has 0 aliphatic carbocycles. The second-order valence-electron chi connectivity index (χ2n) is 5.20. The Labute approximate surface area is 113 Å². The molecule has 1 amide bonds. The van der Waals surface area contributed by atoms with Crippen LogP contribution in [-0.4, -0.2) is 57.4 Å². The lowest BCUT2D eigenvalue weighted by molar-refractivity contribution is -0.0549. The van der Waals surface area contributed by atoms with E-state index in [1.807, 2.05) is 0 Å². The molecule has 8 nitrogen and oxygen atoms in total. The van der Waals surface area contributed by atoms with Crippen molar-refractivity contribution in [3.8, 4) is 0 Å². The van der Waals surface area contributed by atoms with Gasteiger partial charge in [0.1, 0.15) is 11.7 Å². The minimum atomic E-state index is -4.00. The summed E-state index contributed by atoms with van der Waals surface area (Å²) in [4.78, 5) is 13.3. The number of morpholine rings is 1. The lowest BCUT2D eigenvalue weighted by atomic mass is 10.2. The predicted molar refractivity (Wildman–Crippen MR) is 66.6 cm³/mol. The SMILES string of the molecule is CC(C)(C)OC(=O)N1CCOC(COS(N)(=O)=O)C1. The summed E-state index contributed by atoms with van der Waals surface area (Å²) in [6, 6.07) is 0. The topological polar surface area (TPSA) is 108 Å². The summed E-state index contributed by atoms with van der Waals surface area (Å²) in [5.41, 5.74) is -0.581. The highest BCUT2D eigenvalue weighted by Gasteiger charge is 2.28. The van der Waals surface area contributed by atoms with Crippen LogP contribution in [0.4, 0.5) is 4.79 Å². The molecule has 112 valence electrons. The Kier molecular flexibility index (Phi) is 5.13. The van der Waals surface area contributed by atoms with Gasteiger partial charge >= 0.3 is 16.4 Å². The molecule has 1 aliphatic rings. The van der Waals surface area contributed by atoms with Gasteiger partial charge in [0.25, 0.3) is 0 Å². The lowest BCUT2D eigenvalue weighted by Crippen LogP contribution is -2.49. The quantitative estimate of drug-likeness (QED) is 0.775. The first kappa shape index (κ1) is 16.2. The maximum atomic E-state index is 11.8. The first-order valence-electron chi connectivity index (χ1n) is 5.83. The van der Waals surface area contributed by atoms with Crippen LogP contribution in [-0.2, 0) is 24.0 Å². The highest BCUT2D eigenvalue weighted by molar-refractivity contribution is 7.84. The van der Waals surface area contributed by atoms with Crippen molar-refractivity contribution >= 4 is 16.4 Å². The van der Waals surface area contributed by atoms with E-state index in [-0.39, 0.29) is 19.8 Å². The monoisotopic (exact) mass is 296 g/mol. The Morgan fingerprint density at radius 2 is 2.11 bits per heavy atom. The Hall–Kier alpha value is -0.900. The Morgan fingerprint density at radius 3 is 2.63 bits per heavy atom. The van der Waals surface area contributed by atoms with Crippen molar-refractivity contribution < 1.29 is 26.9 Å². The van der Waals surface area contributed by atoms with Crippen LogP contribution < -0.4 is 5.14 Å². The molecule has 0 spiro atoms. The minimum absolute atomic E-state index is 0.199. The number of rotatable bonds is 3. The van der Waals surface area contributed by atoms with Gasteiger partial charge in [-0.3, -0.25) is 4.18 Å². The van der Waals surface area contributed by atoms with Crippen LogP contribution in [0.5, 0.6) is 0 Å². The zero-order valence-corrected chi connectivity index (χ0v) is 12.1. The predicted octanol–water partition coefficient (Wildman–Crippen LogP) is -0.158. The van der Waals surface area contributed by atoms with Crippen LogP contribution in [0, 0.1) is 0 Å². The minimum Gasteiger partial charge on any atom is -0.444 e. The Balaban J connectivity index is 2.48. The summed E-state index contributed by atoms with van der Waals surface area (Å²) < 4.78 is 36.3. The largest absolute Gasteiger partial charge is 0.444 e. The molecule has 9 heteroatoms. The third kappa shape index (κ3) is 6.71. The highest BCUT2D eigenvalue weighted by atomic mass is 32.2. The average molecular weight is 296 g/mol. The number of carbonyl (C=O) groups excluding carboxylic acids is 1. The van der Waals surface area contributed by atoms with E-state index in [2.05, 4.69) is 4.18 Å². The van der Waals surface area contributed by atoms with Crippen molar-refractivity contribution in [3.63, 3.8) is 0 Å². The van der Waals surface area contributed by atoms with E-state index in [9.17, 15) is 13.2 Å². The standard InChI is InChI=1S/C10H20N2O6S/c1-10(2,3)18-9(13)12-4-5-16-8(6-12)7-17-19(11,14)15/h8H,4-7H2,1-3H3,(H2,11,14,15). The molecule has 1 fully saturated rings. The van der Waals surface area contributed by atoms with Crippen LogP contribution in [0.3, 0.4) is 0 Å². The summed E-state index contributed by atoms with van der Waals surface area (Å²) >= 11 is 0. The highest BCUT2D eigenvalue weighted by Crippen LogP contribution is 2.13. The van der Waals surface area contributed by atoms with Crippen molar-refractivity contribution in [2.75, 3.05) is 26.3 Å². The molecule has 0 aromatic heterocycles. The zero-order valence-electron chi connectivity index (χ0n) is 11.3. The summed E-state index contributed by atoms with van der Waals surface area (Å²) in [6.45, 7) is 5.97. The third-order valence-corrected chi connectivity index (χ3v) is 2.67. The number of amides is 1. The van der Waals surface area contributed by atoms with Crippen molar-refractivity contribution in [2.24, 2.45) is 5.14 Å². The normalized spacial score (nSPS) is 21.3. The van der Waals surface area contributed by atoms with Gasteiger partial charge in [-0.2, -0.15) is 8.42 Å². The zero-order chi connectivity index (χ0) is 14.7. The second kappa shape index (κ2) is 6.04. The van der Waals surface area contributed by atoms with Gasteiger partial charge in [-0.1, -0.05) is 0 Å². The molecule has 0 aromatic rings. The van der Waals surface area contributed by atoms with Crippen LogP contribution >= 0.6 is 0 Å². The van der Waals surface area contributed by atoms with Crippen molar-refractivity contribution in [3.05, 3.63) is 0 Å². The molecule has 0 saturated carbocycles. The molecule has 19 heavy (non-hydrogen) atoms. The maximum Gasteiger partial charge on any atom is 0.410 e. The van der Waals surface area contributed by atoms with E-state index in [4.69, 9.17) is 14.6 Å². The molecule has 0 aromatic carbocycles. The van der Waals surface area contributed by atoms with E-state index < -0.39 is 28.1 Å². The molecule has 2 N–H and O–H groups in total. The van der Waals surface area contributed by atoms with Crippen LogP contribution in [0.15, 0.2) is 0 Å². The van der Waals surface area contributed by atoms with Gasteiger partial charge in [0, 0.05) is 6.54 Å². The van der Waals surface area contributed by atoms with Gasteiger partial charge in [-0.05, 0) is 20.8 Å². The number of nitrogens with two attached hydrogens (primary N) is 1. The first-order chi connectivity index (χ1) is 8.57. The number of hydrogen-bond donors (Lipinski definition) is 1. The fourth-order valence-corrected chi connectivity index (χ4v) is 1.82. The summed E-state index contributed by atoms with van der Waals surface area (Å²) in [6.07, 6.45) is -1.00. The summed E-state index contributed by atoms with van der Waals surface area (Å²) in [7, 11) is -4.00. The van der Waals surface area contributed by atoms with Crippen molar-refractivity contribution in [1.29, 1.82) is 0 Å². The van der Waals surface area contributed by atoms with Gasteiger partial charge < -0.3 is 14.4 Å². The van der Waals surface area contributed by atoms with E-state index in [1.165, 1.54) is 4.90 Å². The molecule has 1 heterocycles. The molecule has 0 radical (unpaired) electrons. The smallest absolute Gasteiger partial charge is 0.410 e. The second-order valence-corrected chi connectivity index (χ2v) is 6.42. The van der Waals surface area contributed by atoms with Gasteiger partial charge in [0.15, 0.2) is 0 Å². The molecular weight excluding hydrogens is 276 g/mol. The van der Waals surface area contributed by atoms with Crippen LogP contribution in [0.2, 0.25) is 0 Å². The van der Waals surface area contributed by atoms with Crippen LogP contribution in [0.25, 0.3) is 0 Å². The number of carbonyl (C=O) groups is 1. The molecule has 1 rings (SSSR count). The Bertz CT molecular complexity index is 416. The Morgan fingerprint density at radius 1 is 1.47 bits per heavy atom. The molecular formula is C10H20N2O6S. The van der Waals surface area contributed by atoms with Gasteiger partial charge in [-0.25, -0.2) is 9.93 Å². The average Bonchev–Trinajstić information content (AvgIpc) is 2.23. The van der Waals surface area contributed by atoms with E-state index in [1.54, 1.807) is 20.8 Å². The van der Waals surface area contributed by atoms with Crippen molar-refractivity contribution in [2.45, 2.75) is 32.5 Å². The van der Waals surface area contributed by atoms with Crippen LogP contribution in [0.1, 0.15) is 20.8 Å². The molecule has 1 saturated heterocycles. The number of hydrogen-bond acceptors (Lipinski definition) is 6. The fraction of sp³-hybridized carbons (Fsp3) is 0.900. The van der Waals surface area contributed by atoms with Crippen molar-refractivity contribution in [1.82, 2.24) is 4.90 Å². The maximum absolute atomic E-state index is 11.8. The molecule has 1 unspecified atom stereocenters. The van der Waals surface area contributed by atoms with E-state index in [0.29, 0.717) is 6.54 Å². The number of nitrogens with zero attached hydrogens (tertiary/aromatic N) is 1. The molecule has 1 atom stereocenters. The van der Waals surface area contributed by atoms with E-state index in [0.717, 1.165) is 0 Å². The first-order valence-corrected chi connectivity index (χ1v) is 7.31. The molecule has 1 aliphatic heterocycles. The van der Waals surface area contributed by atoms with Gasteiger partial charge in [-0.15, -0.1) is 0 Å². The van der Waals surface area contributed by atoms with Gasteiger partial charge in [0.05, 0.1) is 19.8 Å².